The molecule has 1 fully saturated rings. The number of ketones is 1. The van der Waals surface area contributed by atoms with Gasteiger partial charge in [0.15, 0.2) is 5.78 Å². The lowest BCUT2D eigenvalue weighted by atomic mass is 9.96. The lowest BCUT2D eigenvalue weighted by Crippen LogP contribution is -2.19. The van der Waals surface area contributed by atoms with Crippen molar-refractivity contribution in [2.45, 2.75) is 25.8 Å². The first kappa shape index (κ1) is 25.4. The molecule has 6 nitrogen and oxygen atoms in total. The molecule has 37 heavy (non-hydrogen) atoms. The molecule has 1 aliphatic heterocycles. The molecule has 3 N–H and O–H groups in total. The van der Waals surface area contributed by atoms with E-state index in [1.54, 1.807) is 25.5 Å². The van der Waals surface area contributed by atoms with Crippen LogP contribution in [0.5, 0.6) is 11.5 Å². The van der Waals surface area contributed by atoms with Gasteiger partial charge in [0.25, 0.3) is 0 Å². The summed E-state index contributed by atoms with van der Waals surface area (Å²) in [5.74, 6) is 1.45. The maximum atomic E-state index is 14.1. The predicted octanol–water partition coefficient (Wildman–Crippen LogP) is 5.42. The van der Waals surface area contributed by atoms with Crippen molar-refractivity contribution in [3.05, 3.63) is 82.9 Å². The summed E-state index contributed by atoms with van der Waals surface area (Å²) in [5.41, 5.74) is 13.1. The number of methoxy groups -OCH3 is 1. The summed E-state index contributed by atoms with van der Waals surface area (Å²) in [4.78, 5) is 23.0. The summed E-state index contributed by atoms with van der Waals surface area (Å²) in [6.45, 7) is 3.66. The average molecular weight is 516 g/mol. The number of nitrogens with one attached hydrogen (secondary N) is 1. The zero-order valence-corrected chi connectivity index (χ0v) is 22.2. The number of hydrogen-bond donors (Lipinski definition) is 2. The van der Waals surface area contributed by atoms with Crippen molar-refractivity contribution in [1.29, 1.82) is 0 Å². The van der Waals surface area contributed by atoms with Crippen molar-refractivity contribution in [2.24, 2.45) is 5.73 Å². The fourth-order valence-electron chi connectivity index (χ4n) is 5.02. The molecule has 4 aromatic rings. The Bertz CT molecular complexity index is 1390. The molecule has 0 unspecified atom stereocenters. The van der Waals surface area contributed by atoms with Crippen LogP contribution in [-0.2, 0) is 13.0 Å². The molecular weight excluding hydrogens is 482 g/mol. The van der Waals surface area contributed by atoms with Gasteiger partial charge in [0.05, 0.1) is 7.11 Å². The molecule has 1 saturated heterocycles. The molecule has 0 amide bonds. The van der Waals surface area contributed by atoms with Crippen LogP contribution in [0, 0.1) is 0 Å². The van der Waals surface area contributed by atoms with Crippen LogP contribution in [0.25, 0.3) is 20.5 Å². The summed E-state index contributed by atoms with van der Waals surface area (Å²) in [5, 5.41) is 0.916. The SMILES string of the molecule is CNOc1ccc2c(C(=O)c3ccc(CN4CCCC4)c(OC)c3)c(-c3ccc(CCN)cc3)sc2c1. The number of carbonyl (C=O) groups is 1. The Morgan fingerprint density at radius 2 is 1.84 bits per heavy atom. The van der Waals surface area contributed by atoms with Gasteiger partial charge in [-0.2, -0.15) is 5.48 Å². The number of fused-ring (bicyclic) bond motifs is 1. The van der Waals surface area contributed by atoms with Crippen LogP contribution in [0.4, 0.5) is 0 Å². The minimum absolute atomic E-state index is 0.0133. The number of thiophene rings is 1. The number of hydrogen-bond acceptors (Lipinski definition) is 7. The third-order valence-electron chi connectivity index (χ3n) is 6.90. The largest absolute Gasteiger partial charge is 0.496 e. The fraction of sp³-hybridized carbons (Fsp3) is 0.300. The van der Waals surface area contributed by atoms with Crippen molar-refractivity contribution in [1.82, 2.24) is 10.4 Å². The molecule has 0 atom stereocenters. The zero-order chi connectivity index (χ0) is 25.8. The quantitative estimate of drug-likeness (QED) is 0.217. The summed E-state index contributed by atoms with van der Waals surface area (Å²) < 4.78 is 6.73. The fourth-order valence-corrected chi connectivity index (χ4v) is 6.25. The van der Waals surface area contributed by atoms with Crippen molar-refractivity contribution in [3.8, 4) is 21.9 Å². The van der Waals surface area contributed by atoms with Gasteiger partial charge in [0.2, 0.25) is 0 Å². The molecule has 0 saturated carbocycles. The third-order valence-corrected chi connectivity index (χ3v) is 8.10. The first-order valence-corrected chi connectivity index (χ1v) is 13.6. The molecule has 3 aromatic carbocycles. The Hall–Kier alpha value is -3.23. The molecule has 1 aliphatic rings. The molecular formula is C30H33N3O3S. The molecule has 7 heteroatoms. The number of nitrogens with zero attached hydrogens (tertiary/aromatic N) is 1. The molecule has 2 heterocycles. The first-order chi connectivity index (χ1) is 18.1. The van der Waals surface area contributed by atoms with Crippen LogP contribution >= 0.6 is 11.3 Å². The van der Waals surface area contributed by atoms with E-state index in [1.807, 2.05) is 36.4 Å². The van der Waals surface area contributed by atoms with Gasteiger partial charge in [-0.3, -0.25) is 9.69 Å². The number of nitrogens with two attached hydrogens (primary N) is 1. The van der Waals surface area contributed by atoms with Crippen molar-refractivity contribution in [2.75, 3.05) is 33.8 Å². The first-order valence-electron chi connectivity index (χ1n) is 12.7. The minimum Gasteiger partial charge on any atom is -0.496 e. The van der Waals surface area contributed by atoms with Gasteiger partial charge in [0, 0.05) is 51.3 Å². The van der Waals surface area contributed by atoms with Gasteiger partial charge in [0.1, 0.15) is 11.5 Å². The smallest absolute Gasteiger partial charge is 0.195 e. The van der Waals surface area contributed by atoms with Gasteiger partial charge in [-0.1, -0.05) is 36.4 Å². The Kier molecular flexibility index (Phi) is 7.86. The van der Waals surface area contributed by atoms with Crippen LogP contribution < -0.4 is 20.8 Å². The van der Waals surface area contributed by atoms with E-state index < -0.39 is 0 Å². The molecule has 0 bridgehead atoms. The predicted molar refractivity (Wildman–Crippen MR) is 151 cm³/mol. The monoisotopic (exact) mass is 515 g/mol. The molecule has 1 aromatic heterocycles. The molecule has 5 rings (SSSR count). The Morgan fingerprint density at radius 3 is 2.54 bits per heavy atom. The van der Waals surface area contributed by atoms with Gasteiger partial charge in [-0.25, -0.2) is 0 Å². The van der Waals surface area contributed by atoms with E-state index >= 15 is 0 Å². The average Bonchev–Trinajstić information content (AvgIpc) is 3.57. The maximum absolute atomic E-state index is 14.1. The van der Waals surface area contributed by atoms with E-state index in [1.165, 1.54) is 18.4 Å². The second-order valence-corrected chi connectivity index (χ2v) is 10.4. The highest BCUT2D eigenvalue weighted by Crippen LogP contribution is 2.41. The highest BCUT2D eigenvalue weighted by molar-refractivity contribution is 7.22. The van der Waals surface area contributed by atoms with Crippen LogP contribution in [-0.4, -0.2) is 44.5 Å². The van der Waals surface area contributed by atoms with Gasteiger partial charge in [-0.15, -0.1) is 11.3 Å². The van der Waals surface area contributed by atoms with E-state index in [4.69, 9.17) is 15.3 Å². The van der Waals surface area contributed by atoms with Crippen LogP contribution in [0.3, 0.4) is 0 Å². The highest BCUT2D eigenvalue weighted by Gasteiger charge is 2.23. The maximum Gasteiger partial charge on any atom is 0.195 e. The summed E-state index contributed by atoms with van der Waals surface area (Å²) in [7, 11) is 3.40. The molecule has 192 valence electrons. The standard InChI is InChI=1S/C30H33N3O3S/c1-32-36-24-11-12-25-27(18-24)37-30(21-7-5-20(6-8-21)13-14-31)28(25)29(34)22-9-10-23(26(17-22)35-2)19-33-15-3-4-16-33/h5-12,17-18,32H,3-4,13-16,19,31H2,1-2H3. The van der Waals surface area contributed by atoms with Gasteiger partial charge in [-0.05, 0) is 68.2 Å². The van der Waals surface area contributed by atoms with E-state index in [0.29, 0.717) is 23.4 Å². The number of benzene rings is 3. The highest BCUT2D eigenvalue weighted by atomic mass is 32.1. The summed E-state index contributed by atoms with van der Waals surface area (Å²) in [6.07, 6.45) is 3.30. The minimum atomic E-state index is -0.0133. The Morgan fingerprint density at radius 1 is 1.05 bits per heavy atom. The second-order valence-electron chi connectivity index (χ2n) is 9.34. The van der Waals surface area contributed by atoms with Crippen molar-refractivity contribution < 1.29 is 14.4 Å². The van der Waals surface area contributed by atoms with E-state index in [0.717, 1.165) is 57.9 Å². The zero-order valence-electron chi connectivity index (χ0n) is 21.4. The number of rotatable bonds is 10. The normalized spacial score (nSPS) is 13.8. The number of hydroxylamine groups is 1. The number of ether oxygens (including phenoxy) is 1. The van der Waals surface area contributed by atoms with Gasteiger partial charge >= 0.3 is 0 Å². The second kappa shape index (κ2) is 11.4. The lowest BCUT2D eigenvalue weighted by molar-refractivity contribution is 0.104. The third kappa shape index (κ3) is 5.40. The summed E-state index contributed by atoms with van der Waals surface area (Å²) >= 11 is 1.60. The topological polar surface area (TPSA) is 76.8 Å². The van der Waals surface area contributed by atoms with E-state index in [9.17, 15) is 4.79 Å². The lowest BCUT2D eigenvalue weighted by Gasteiger charge is -2.17. The molecule has 0 aliphatic carbocycles. The van der Waals surface area contributed by atoms with Gasteiger partial charge < -0.3 is 15.3 Å². The van der Waals surface area contributed by atoms with Crippen LogP contribution in [0.15, 0.2) is 60.7 Å². The number of carbonyl (C=O) groups excluding carboxylic acids is 1. The number of likely N-dealkylation sites (tertiary alicyclic amines) is 1. The van der Waals surface area contributed by atoms with Crippen molar-refractivity contribution in [3.63, 3.8) is 0 Å². The van der Waals surface area contributed by atoms with E-state index in [2.05, 4.69) is 34.6 Å². The molecule has 0 spiro atoms. The Balaban J connectivity index is 1.57. The van der Waals surface area contributed by atoms with Crippen LogP contribution in [0.2, 0.25) is 0 Å². The van der Waals surface area contributed by atoms with Crippen LogP contribution in [0.1, 0.15) is 39.9 Å². The Labute approximate surface area is 222 Å². The van der Waals surface area contributed by atoms with E-state index in [-0.39, 0.29) is 5.78 Å². The summed E-state index contributed by atoms with van der Waals surface area (Å²) in [6, 6.07) is 20.0. The van der Waals surface area contributed by atoms with Crippen molar-refractivity contribution >= 4 is 27.2 Å². The molecule has 0 radical (unpaired) electrons.